The van der Waals surface area contributed by atoms with Gasteiger partial charge in [0.05, 0.1) is 5.56 Å². The van der Waals surface area contributed by atoms with Gasteiger partial charge in [-0.05, 0) is 22.8 Å². The predicted molar refractivity (Wildman–Crippen MR) is 83.1 cm³/mol. The van der Waals surface area contributed by atoms with Crippen molar-refractivity contribution in [1.29, 1.82) is 5.26 Å². The van der Waals surface area contributed by atoms with Crippen LogP contribution in [0.4, 0.5) is 0 Å². The maximum atomic E-state index is 9.40. The average Bonchev–Trinajstić information content (AvgIpc) is 2.66. The lowest BCUT2D eigenvalue weighted by atomic mass is 10.1. The highest BCUT2D eigenvalue weighted by Gasteiger charge is 2.12. The summed E-state index contributed by atoms with van der Waals surface area (Å²) in [6, 6.07) is 24.4. The van der Waals surface area contributed by atoms with Crippen molar-refractivity contribution in [2.75, 3.05) is 0 Å². The molecule has 0 amide bonds. The highest BCUT2D eigenvalue weighted by molar-refractivity contribution is 5.85. The van der Waals surface area contributed by atoms with Gasteiger partial charge in [-0.1, -0.05) is 72.8 Å². The summed E-state index contributed by atoms with van der Waals surface area (Å²) >= 11 is 0. The summed E-state index contributed by atoms with van der Waals surface area (Å²) in [7, 11) is 0. The van der Waals surface area contributed by atoms with Crippen molar-refractivity contribution in [3.05, 3.63) is 83.4 Å². The molecule has 0 saturated carbocycles. The molecule has 20 heavy (non-hydrogen) atoms. The molecular formula is C19H13N. The van der Waals surface area contributed by atoms with Crippen LogP contribution in [0.5, 0.6) is 0 Å². The van der Waals surface area contributed by atoms with Crippen molar-refractivity contribution in [2.24, 2.45) is 0 Å². The Bertz CT molecular complexity index is 763. The molecule has 94 valence electrons. The Morgan fingerprint density at radius 1 is 0.800 bits per heavy atom. The highest BCUT2D eigenvalue weighted by atomic mass is 14.3. The van der Waals surface area contributed by atoms with E-state index in [-0.39, 0.29) is 0 Å². The average molecular weight is 255 g/mol. The Morgan fingerprint density at radius 2 is 1.50 bits per heavy atom. The molecule has 0 saturated heterocycles. The van der Waals surface area contributed by atoms with E-state index in [9.17, 15) is 5.26 Å². The molecular weight excluding hydrogens is 242 g/mol. The number of hydrogen-bond acceptors (Lipinski definition) is 1. The van der Waals surface area contributed by atoms with Gasteiger partial charge in [0.25, 0.3) is 0 Å². The third kappa shape index (κ3) is 2.32. The molecule has 2 aliphatic carbocycles. The molecule has 0 bridgehead atoms. The van der Waals surface area contributed by atoms with E-state index < -0.39 is 0 Å². The molecule has 0 aliphatic heterocycles. The van der Waals surface area contributed by atoms with Crippen LogP contribution < -0.4 is 0 Å². The maximum absolute atomic E-state index is 9.40. The van der Waals surface area contributed by atoms with Crippen LogP contribution in [-0.2, 0) is 0 Å². The zero-order valence-electron chi connectivity index (χ0n) is 11.0. The van der Waals surface area contributed by atoms with E-state index in [2.05, 4.69) is 12.1 Å². The second kappa shape index (κ2) is 5.42. The van der Waals surface area contributed by atoms with Crippen molar-refractivity contribution in [3.63, 3.8) is 0 Å². The van der Waals surface area contributed by atoms with Gasteiger partial charge < -0.3 is 0 Å². The standard InChI is InChI=1S/C19H13N/c20-14-19-17(12-11-15-7-3-1-4-8-15)13-16-9-5-2-6-10-18(16)19/h1-13H/b12-11+. The normalized spacial score (nSPS) is 10.8. The number of hydrogen-bond donors (Lipinski definition) is 0. The van der Waals surface area contributed by atoms with Gasteiger partial charge >= 0.3 is 0 Å². The van der Waals surface area contributed by atoms with Crippen molar-refractivity contribution in [1.82, 2.24) is 0 Å². The Hall–Kier alpha value is -2.85. The third-order valence-corrected chi connectivity index (χ3v) is 3.31. The molecule has 1 heteroatoms. The molecule has 0 unspecified atom stereocenters. The smallest absolute Gasteiger partial charge is 0.100 e. The summed E-state index contributed by atoms with van der Waals surface area (Å²) in [5.74, 6) is 0. The minimum Gasteiger partial charge on any atom is -0.192 e. The van der Waals surface area contributed by atoms with Crippen molar-refractivity contribution in [3.8, 4) is 17.2 Å². The van der Waals surface area contributed by atoms with Gasteiger partial charge in [-0.15, -0.1) is 0 Å². The molecule has 0 radical (unpaired) electrons. The van der Waals surface area contributed by atoms with Crippen LogP contribution in [0, 0.1) is 11.3 Å². The maximum Gasteiger partial charge on any atom is 0.100 e. The molecule has 1 nitrogen and oxygen atoms in total. The number of nitriles is 1. The molecule has 1 aromatic carbocycles. The lowest BCUT2D eigenvalue weighted by Gasteiger charge is -1.93. The molecule has 3 rings (SSSR count). The van der Waals surface area contributed by atoms with Gasteiger partial charge in [0.1, 0.15) is 6.07 Å². The van der Waals surface area contributed by atoms with Crippen molar-refractivity contribution in [2.45, 2.75) is 0 Å². The van der Waals surface area contributed by atoms with Gasteiger partial charge in [0.2, 0.25) is 0 Å². The Balaban J connectivity index is 2.07. The SMILES string of the molecule is N#Cc1c(/C=C/c2ccccc2)cc2cccccc1-2. The van der Waals surface area contributed by atoms with Gasteiger partial charge in [-0.25, -0.2) is 0 Å². The second-order valence-electron chi connectivity index (χ2n) is 4.61. The zero-order valence-corrected chi connectivity index (χ0v) is 11.0. The number of rotatable bonds is 2. The van der Waals surface area contributed by atoms with Crippen LogP contribution in [0.2, 0.25) is 0 Å². The molecule has 2 aliphatic rings. The lowest BCUT2D eigenvalue weighted by Crippen LogP contribution is -1.76. The largest absolute Gasteiger partial charge is 0.192 e. The van der Waals surface area contributed by atoms with Gasteiger partial charge in [-0.2, -0.15) is 5.26 Å². The zero-order chi connectivity index (χ0) is 13.8. The minimum absolute atomic E-state index is 0.739. The first kappa shape index (κ1) is 12.2. The number of nitrogens with zero attached hydrogens (tertiary/aromatic N) is 1. The van der Waals surface area contributed by atoms with Crippen LogP contribution in [0.1, 0.15) is 16.7 Å². The summed E-state index contributed by atoms with van der Waals surface area (Å²) in [5.41, 5.74) is 4.94. The Kier molecular flexibility index (Phi) is 3.31. The first-order valence-electron chi connectivity index (χ1n) is 6.53. The third-order valence-electron chi connectivity index (χ3n) is 3.31. The summed E-state index contributed by atoms with van der Waals surface area (Å²) in [6.45, 7) is 0. The summed E-state index contributed by atoms with van der Waals surface area (Å²) in [5, 5.41) is 9.40. The summed E-state index contributed by atoms with van der Waals surface area (Å²) < 4.78 is 0. The van der Waals surface area contributed by atoms with Crippen LogP contribution >= 0.6 is 0 Å². The minimum atomic E-state index is 0.739. The molecule has 1 aromatic rings. The van der Waals surface area contributed by atoms with Crippen LogP contribution in [0.15, 0.2) is 66.7 Å². The monoisotopic (exact) mass is 255 g/mol. The van der Waals surface area contributed by atoms with Gasteiger partial charge in [-0.3, -0.25) is 0 Å². The molecule has 0 aromatic heterocycles. The highest BCUT2D eigenvalue weighted by Crippen LogP contribution is 2.31. The van der Waals surface area contributed by atoms with E-state index in [1.807, 2.05) is 72.8 Å². The Morgan fingerprint density at radius 3 is 2.25 bits per heavy atom. The van der Waals surface area contributed by atoms with E-state index in [1.165, 1.54) is 0 Å². The van der Waals surface area contributed by atoms with Crippen molar-refractivity contribution < 1.29 is 0 Å². The fourth-order valence-corrected chi connectivity index (χ4v) is 2.32. The van der Waals surface area contributed by atoms with E-state index in [0.717, 1.165) is 27.8 Å². The second-order valence-corrected chi connectivity index (χ2v) is 4.61. The van der Waals surface area contributed by atoms with Crippen molar-refractivity contribution >= 4 is 12.2 Å². The Labute approximate surface area is 118 Å². The molecule has 0 spiro atoms. The summed E-state index contributed by atoms with van der Waals surface area (Å²) in [4.78, 5) is 0. The van der Waals surface area contributed by atoms with Gasteiger partial charge in [0, 0.05) is 5.56 Å². The molecule has 0 heterocycles. The van der Waals surface area contributed by atoms with Crippen LogP contribution in [0.3, 0.4) is 0 Å². The molecule has 0 atom stereocenters. The van der Waals surface area contributed by atoms with Crippen LogP contribution in [-0.4, -0.2) is 0 Å². The fourth-order valence-electron chi connectivity index (χ4n) is 2.32. The fraction of sp³-hybridized carbons (Fsp3) is 0. The first-order valence-corrected chi connectivity index (χ1v) is 6.53. The number of benzene rings is 1. The topological polar surface area (TPSA) is 23.8 Å². The predicted octanol–water partition coefficient (Wildman–Crippen LogP) is 4.83. The van der Waals surface area contributed by atoms with Crippen LogP contribution in [0.25, 0.3) is 23.3 Å². The quantitative estimate of drug-likeness (QED) is 0.643. The van der Waals surface area contributed by atoms with Gasteiger partial charge in [0.15, 0.2) is 0 Å². The van der Waals surface area contributed by atoms with E-state index >= 15 is 0 Å². The molecule has 0 fully saturated rings. The van der Waals surface area contributed by atoms with E-state index in [4.69, 9.17) is 0 Å². The first-order chi connectivity index (χ1) is 9.88. The van der Waals surface area contributed by atoms with E-state index in [1.54, 1.807) is 0 Å². The summed E-state index contributed by atoms with van der Waals surface area (Å²) in [6.07, 6.45) is 4.04. The van der Waals surface area contributed by atoms with E-state index in [0.29, 0.717) is 0 Å². The lowest BCUT2D eigenvalue weighted by molar-refractivity contribution is 1.50. The number of fused-ring (bicyclic) bond motifs is 1. The molecule has 0 N–H and O–H groups in total.